The molecule has 0 saturated carbocycles. The van der Waals surface area contributed by atoms with Gasteiger partial charge in [-0.1, -0.05) is 12.1 Å². The second kappa shape index (κ2) is 4.00. The number of hydrogen-bond donors (Lipinski definition) is 2. The van der Waals surface area contributed by atoms with Crippen molar-refractivity contribution in [2.24, 2.45) is 0 Å². The van der Waals surface area contributed by atoms with Crippen LogP contribution >= 0.6 is 19.2 Å². The molecule has 1 aromatic heterocycles. The molecule has 1 aromatic carbocycles. The van der Waals surface area contributed by atoms with Gasteiger partial charge in [0.05, 0.1) is 10.2 Å². The summed E-state index contributed by atoms with van der Waals surface area (Å²) < 4.78 is 15.8. The number of para-hydroxylation sites is 1. The molecule has 0 aliphatic rings. The highest BCUT2D eigenvalue weighted by atomic mass is 32.1. The van der Waals surface area contributed by atoms with Gasteiger partial charge in [-0.25, -0.2) is 9.55 Å². The molecule has 2 aromatic rings. The third-order valence-corrected chi connectivity index (χ3v) is 3.17. The summed E-state index contributed by atoms with van der Waals surface area (Å²) in [6.07, 6.45) is 0. The molecule has 0 spiro atoms. The second-order valence-corrected chi connectivity index (χ2v) is 5.19. The van der Waals surface area contributed by atoms with Gasteiger partial charge in [0.15, 0.2) is 0 Å². The first-order chi connectivity index (χ1) is 7.04. The Kier molecular flexibility index (Phi) is 2.86. The highest BCUT2D eigenvalue weighted by molar-refractivity contribution is 7.46. The van der Waals surface area contributed by atoms with E-state index in [1.54, 1.807) is 0 Å². The van der Waals surface area contributed by atoms with Crippen LogP contribution in [-0.4, -0.2) is 14.8 Å². The van der Waals surface area contributed by atoms with Crippen molar-refractivity contribution in [3.8, 4) is 0 Å². The van der Waals surface area contributed by atoms with Crippen molar-refractivity contribution in [2.75, 3.05) is 0 Å². The summed E-state index contributed by atoms with van der Waals surface area (Å²) in [5.74, 6) is 0. The fourth-order valence-corrected chi connectivity index (χ4v) is 2.38. The summed E-state index contributed by atoms with van der Waals surface area (Å²) in [5.41, 5.74) is 0.812. The normalized spacial score (nSPS) is 12.1. The SMILES string of the molecule is O=P(O)(O)OCc1nc2ccccc2s1. The fourth-order valence-electron chi connectivity index (χ4n) is 1.12. The van der Waals surface area contributed by atoms with Crippen LogP contribution in [0.1, 0.15) is 5.01 Å². The van der Waals surface area contributed by atoms with Gasteiger partial charge in [-0.15, -0.1) is 11.3 Å². The van der Waals surface area contributed by atoms with Gasteiger partial charge < -0.3 is 9.79 Å². The summed E-state index contributed by atoms with van der Waals surface area (Å²) in [5, 5.41) is 0.555. The van der Waals surface area contributed by atoms with Crippen molar-refractivity contribution < 1.29 is 18.9 Å². The Morgan fingerprint density at radius 3 is 2.80 bits per heavy atom. The van der Waals surface area contributed by atoms with Crippen LogP contribution in [0.25, 0.3) is 10.2 Å². The highest BCUT2D eigenvalue weighted by Crippen LogP contribution is 2.37. The van der Waals surface area contributed by atoms with E-state index in [9.17, 15) is 4.57 Å². The quantitative estimate of drug-likeness (QED) is 0.807. The van der Waals surface area contributed by atoms with Crippen molar-refractivity contribution in [1.82, 2.24) is 4.98 Å². The number of phosphoric ester groups is 1. The first kappa shape index (κ1) is 10.7. The van der Waals surface area contributed by atoms with Crippen LogP contribution in [0.3, 0.4) is 0 Å². The molecular weight excluding hydrogens is 237 g/mol. The Labute approximate surface area is 89.6 Å². The van der Waals surface area contributed by atoms with Gasteiger partial charge in [-0.2, -0.15) is 0 Å². The average Bonchev–Trinajstić information content (AvgIpc) is 2.56. The predicted molar refractivity (Wildman–Crippen MR) is 56.5 cm³/mol. The van der Waals surface area contributed by atoms with Gasteiger partial charge in [0.25, 0.3) is 0 Å². The molecule has 0 saturated heterocycles. The Morgan fingerprint density at radius 2 is 2.13 bits per heavy atom. The number of benzene rings is 1. The lowest BCUT2D eigenvalue weighted by Crippen LogP contribution is -1.89. The van der Waals surface area contributed by atoms with E-state index in [1.165, 1.54) is 11.3 Å². The number of aromatic nitrogens is 1. The summed E-state index contributed by atoms with van der Waals surface area (Å²) in [4.78, 5) is 21.2. The zero-order valence-electron chi connectivity index (χ0n) is 7.53. The Bertz CT molecular complexity index is 487. The van der Waals surface area contributed by atoms with Gasteiger partial charge >= 0.3 is 7.82 Å². The molecular formula is C8H8NO4PS. The number of fused-ring (bicyclic) bond motifs is 1. The molecule has 1 heterocycles. The van der Waals surface area contributed by atoms with E-state index < -0.39 is 7.82 Å². The van der Waals surface area contributed by atoms with Crippen LogP contribution < -0.4 is 0 Å². The van der Waals surface area contributed by atoms with E-state index in [1.807, 2.05) is 24.3 Å². The molecule has 2 rings (SSSR count). The molecule has 0 amide bonds. The summed E-state index contributed by atoms with van der Waals surface area (Å²) >= 11 is 1.36. The zero-order valence-corrected chi connectivity index (χ0v) is 9.24. The number of thiazole rings is 1. The van der Waals surface area contributed by atoms with E-state index in [0.29, 0.717) is 5.01 Å². The van der Waals surface area contributed by atoms with E-state index in [4.69, 9.17) is 9.79 Å². The third-order valence-electron chi connectivity index (χ3n) is 1.69. The molecule has 0 aliphatic heterocycles. The van der Waals surface area contributed by atoms with Gasteiger partial charge in [-0.3, -0.25) is 4.52 Å². The largest absolute Gasteiger partial charge is 0.469 e. The van der Waals surface area contributed by atoms with Crippen LogP contribution in [0.5, 0.6) is 0 Å². The van der Waals surface area contributed by atoms with Crippen molar-refractivity contribution in [3.63, 3.8) is 0 Å². The molecule has 15 heavy (non-hydrogen) atoms. The number of nitrogens with zero attached hydrogens (tertiary/aromatic N) is 1. The van der Waals surface area contributed by atoms with Crippen molar-refractivity contribution in [3.05, 3.63) is 29.3 Å². The molecule has 5 nitrogen and oxygen atoms in total. The zero-order chi connectivity index (χ0) is 10.9. The maximum Gasteiger partial charge on any atom is 0.469 e. The minimum Gasteiger partial charge on any atom is -0.303 e. The van der Waals surface area contributed by atoms with Gasteiger partial charge in [0.2, 0.25) is 0 Å². The van der Waals surface area contributed by atoms with Gasteiger partial charge in [-0.05, 0) is 12.1 Å². The molecule has 0 atom stereocenters. The standard InChI is InChI=1S/C8H8NO4PS/c10-14(11,12)13-5-8-9-6-3-1-2-4-7(6)15-8/h1-4H,5H2,(H2,10,11,12). The number of phosphoric acid groups is 1. The molecule has 0 unspecified atom stereocenters. The van der Waals surface area contributed by atoms with Crippen LogP contribution in [0.15, 0.2) is 24.3 Å². The van der Waals surface area contributed by atoms with Gasteiger partial charge in [0, 0.05) is 0 Å². The smallest absolute Gasteiger partial charge is 0.303 e. The van der Waals surface area contributed by atoms with Crippen molar-refractivity contribution in [1.29, 1.82) is 0 Å². The lowest BCUT2D eigenvalue weighted by atomic mass is 10.3. The Morgan fingerprint density at radius 1 is 1.40 bits per heavy atom. The van der Waals surface area contributed by atoms with Crippen LogP contribution in [0, 0.1) is 0 Å². The first-order valence-electron chi connectivity index (χ1n) is 4.09. The fraction of sp³-hybridized carbons (Fsp3) is 0.125. The molecule has 0 fully saturated rings. The minimum absolute atomic E-state index is 0.163. The lowest BCUT2D eigenvalue weighted by Gasteiger charge is -2.01. The molecule has 7 heteroatoms. The van der Waals surface area contributed by atoms with E-state index in [0.717, 1.165) is 10.2 Å². The number of hydrogen-bond acceptors (Lipinski definition) is 4. The second-order valence-electron chi connectivity index (χ2n) is 2.84. The predicted octanol–water partition coefficient (Wildman–Crippen LogP) is 1.91. The average molecular weight is 245 g/mol. The monoisotopic (exact) mass is 245 g/mol. The van der Waals surface area contributed by atoms with Gasteiger partial charge in [0.1, 0.15) is 11.6 Å². The Hall–Kier alpha value is -0.780. The summed E-state index contributed by atoms with van der Waals surface area (Å²) in [7, 11) is -4.41. The molecule has 2 N–H and O–H groups in total. The van der Waals surface area contributed by atoms with E-state index >= 15 is 0 Å². The molecule has 0 aliphatic carbocycles. The minimum atomic E-state index is -4.41. The van der Waals surface area contributed by atoms with E-state index in [2.05, 4.69) is 9.51 Å². The molecule has 80 valence electrons. The Balaban J connectivity index is 2.19. The van der Waals surface area contributed by atoms with E-state index in [-0.39, 0.29) is 6.61 Å². The van der Waals surface area contributed by atoms with Crippen LogP contribution in [-0.2, 0) is 15.7 Å². The maximum atomic E-state index is 10.5. The third kappa shape index (κ3) is 2.84. The van der Waals surface area contributed by atoms with Crippen molar-refractivity contribution in [2.45, 2.75) is 6.61 Å². The summed E-state index contributed by atoms with van der Waals surface area (Å²) in [6.45, 7) is -0.163. The summed E-state index contributed by atoms with van der Waals surface area (Å²) in [6, 6.07) is 7.48. The topological polar surface area (TPSA) is 79.7 Å². The van der Waals surface area contributed by atoms with Crippen LogP contribution in [0.2, 0.25) is 0 Å². The van der Waals surface area contributed by atoms with Crippen LogP contribution in [0.4, 0.5) is 0 Å². The molecule has 0 radical (unpaired) electrons. The maximum absolute atomic E-state index is 10.5. The number of rotatable bonds is 3. The highest BCUT2D eigenvalue weighted by Gasteiger charge is 2.15. The van der Waals surface area contributed by atoms with Crippen molar-refractivity contribution >= 4 is 29.4 Å². The first-order valence-corrected chi connectivity index (χ1v) is 6.44. The lowest BCUT2D eigenvalue weighted by molar-refractivity contribution is 0.189. The molecule has 0 bridgehead atoms.